The van der Waals surface area contributed by atoms with Crippen molar-refractivity contribution in [2.75, 3.05) is 20.6 Å². The summed E-state index contributed by atoms with van der Waals surface area (Å²) in [4.78, 5) is 11.6. The highest BCUT2D eigenvalue weighted by Crippen LogP contribution is 2.39. The zero-order valence-electron chi connectivity index (χ0n) is 18.3. The fourth-order valence-electron chi connectivity index (χ4n) is 4.55. The largest absolute Gasteiger partial charge is 0.508 e. The van der Waals surface area contributed by atoms with Gasteiger partial charge in [-0.15, -0.1) is 0 Å². The van der Waals surface area contributed by atoms with Crippen molar-refractivity contribution >= 4 is 32.6 Å². The number of rotatable bonds is 4. The third kappa shape index (κ3) is 3.22. The van der Waals surface area contributed by atoms with Gasteiger partial charge < -0.3 is 14.6 Å². The lowest BCUT2D eigenvalue weighted by Crippen LogP contribution is -2.18. The molecule has 3 aromatic heterocycles. The number of phenols is 1. The zero-order chi connectivity index (χ0) is 21.7. The first-order chi connectivity index (χ1) is 14.9. The minimum absolute atomic E-state index is 0.281. The Kier molecular flexibility index (Phi) is 4.63. The number of nitrogens with zero attached hydrogens (tertiary/aromatic N) is 4. The van der Waals surface area contributed by atoms with Crippen LogP contribution in [0.2, 0.25) is 0 Å². The summed E-state index contributed by atoms with van der Waals surface area (Å²) in [6.45, 7) is 6.00. The van der Waals surface area contributed by atoms with Crippen molar-refractivity contribution in [2.24, 2.45) is 0 Å². The number of hydrogen-bond donors (Lipinski definition) is 1. The SMILES string of the molecule is Cc1cccc(-c2nccc3c(C)c4c(cc23)c2cc(O)ccc2n4CCN(C)C)n1. The molecule has 0 radical (unpaired) electrons. The van der Waals surface area contributed by atoms with E-state index in [1.54, 1.807) is 6.07 Å². The maximum atomic E-state index is 10.2. The van der Waals surface area contributed by atoms with Crippen LogP contribution in [0, 0.1) is 13.8 Å². The molecule has 0 aliphatic carbocycles. The first-order valence-corrected chi connectivity index (χ1v) is 10.6. The van der Waals surface area contributed by atoms with Crippen LogP contribution in [0.5, 0.6) is 5.75 Å². The molecule has 0 amide bonds. The van der Waals surface area contributed by atoms with Gasteiger partial charge in [0.1, 0.15) is 5.75 Å². The van der Waals surface area contributed by atoms with Crippen molar-refractivity contribution in [3.05, 3.63) is 66.0 Å². The van der Waals surface area contributed by atoms with E-state index in [1.807, 2.05) is 43.5 Å². The molecular weight excluding hydrogens is 384 g/mol. The van der Waals surface area contributed by atoms with Gasteiger partial charge in [-0.3, -0.25) is 9.97 Å². The summed E-state index contributed by atoms with van der Waals surface area (Å²) in [5, 5.41) is 14.7. The fourth-order valence-corrected chi connectivity index (χ4v) is 4.55. The molecule has 0 saturated carbocycles. The molecule has 0 unspecified atom stereocenters. The van der Waals surface area contributed by atoms with E-state index < -0.39 is 0 Å². The topological polar surface area (TPSA) is 54.2 Å². The van der Waals surface area contributed by atoms with Crippen LogP contribution in [-0.2, 0) is 6.54 Å². The Morgan fingerprint density at radius 3 is 2.55 bits per heavy atom. The first-order valence-electron chi connectivity index (χ1n) is 10.6. The molecule has 5 heteroatoms. The molecule has 5 nitrogen and oxygen atoms in total. The fraction of sp³-hybridized carbons (Fsp3) is 0.231. The molecule has 0 spiro atoms. The summed E-state index contributed by atoms with van der Waals surface area (Å²) in [7, 11) is 4.18. The Labute approximate surface area is 181 Å². The van der Waals surface area contributed by atoms with E-state index in [0.29, 0.717) is 0 Å². The van der Waals surface area contributed by atoms with Gasteiger partial charge in [-0.1, -0.05) is 6.07 Å². The number of fused-ring (bicyclic) bond motifs is 4. The van der Waals surface area contributed by atoms with Gasteiger partial charge in [0, 0.05) is 46.7 Å². The molecule has 5 aromatic rings. The Balaban J connectivity index is 1.89. The van der Waals surface area contributed by atoms with Crippen LogP contribution >= 0.6 is 0 Å². The molecular formula is C26H26N4O. The highest BCUT2D eigenvalue weighted by atomic mass is 16.3. The van der Waals surface area contributed by atoms with Crippen molar-refractivity contribution in [1.29, 1.82) is 0 Å². The number of likely N-dealkylation sites (N-methyl/N-ethyl adjacent to an activating group) is 1. The third-order valence-corrected chi connectivity index (χ3v) is 6.03. The molecule has 0 bridgehead atoms. The van der Waals surface area contributed by atoms with Crippen LogP contribution < -0.4 is 0 Å². The second kappa shape index (κ2) is 7.36. The van der Waals surface area contributed by atoms with E-state index in [9.17, 15) is 5.11 Å². The molecule has 5 rings (SSSR count). The number of benzene rings is 2. The van der Waals surface area contributed by atoms with Gasteiger partial charge in [0.15, 0.2) is 0 Å². The summed E-state index contributed by atoms with van der Waals surface area (Å²) >= 11 is 0. The van der Waals surface area contributed by atoms with E-state index >= 15 is 0 Å². The smallest absolute Gasteiger partial charge is 0.116 e. The molecule has 1 N–H and O–H groups in total. The van der Waals surface area contributed by atoms with E-state index in [2.05, 4.69) is 42.6 Å². The maximum Gasteiger partial charge on any atom is 0.116 e. The number of phenolic OH excluding ortho intramolecular Hbond substituents is 1. The van der Waals surface area contributed by atoms with Crippen LogP contribution in [0.4, 0.5) is 0 Å². The van der Waals surface area contributed by atoms with Gasteiger partial charge in [-0.05, 0) is 81.4 Å². The number of hydrogen-bond acceptors (Lipinski definition) is 4. The van der Waals surface area contributed by atoms with E-state index in [-0.39, 0.29) is 5.75 Å². The maximum absolute atomic E-state index is 10.2. The number of aromatic hydroxyl groups is 1. The number of pyridine rings is 2. The molecule has 2 aromatic carbocycles. The first kappa shape index (κ1) is 19.5. The van der Waals surface area contributed by atoms with Crippen molar-refractivity contribution in [1.82, 2.24) is 19.4 Å². The molecule has 31 heavy (non-hydrogen) atoms. The summed E-state index contributed by atoms with van der Waals surface area (Å²) < 4.78 is 2.38. The minimum atomic E-state index is 0.281. The normalized spacial score (nSPS) is 11.9. The molecule has 0 aliphatic heterocycles. The Morgan fingerprint density at radius 2 is 1.77 bits per heavy atom. The van der Waals surface area contributed by atoms with Crippen LogP contribution in [0.25, 0.3) is 44.0 Å². The highest BCUT2D eigenvalue weighted by Gasteiger charge is 2.18. The summed E-state index contributed by atoms with van der Waals surface area (Å²) in [5.41, 5.74) is 6.31. The second-order valence-electron chi connectivity index (χ2n) is 8.47. The molecule has 0 fully saturated rings. The molecule has 3 heterocycles. The van der Waals surface area contributed by atoms with E-state index in [1.165, 1.54) is 16.5 Å². The number of aryl methyl sites for hydroxylation is 2. The van der Waals surface area contributed by atoms with Gasteiger partial charge in [0.25, 0.3) is 0 Å². The predicted octanol–water partition coefficient (Wildman–Crippen LogP) is 5.29. The van der Waals surface area contributed by atoms with Crippen molar-refractivity contribution < 1.29 is 5.11 Å². The van der Waals surface area contributed by atoms with Crippen LogP contribution in [0.3, 0.4) is 0 Å². The number of aromatic nitrogens is 3. The van der Waals surface area contributed by atoms with Gasteiger partial charge in [-0.25, -0.2) is 0 Å². The lowest BCUT2D eigenvalue weighted by Gasteiger charge is -2.15. The summed E-state index contributed by atoms with van der Waals surface area (Å²) in [6.07, 6.45) is 1.87. The predicted molar refractivity (Wildman–Crippen MR) is 128 cm³/mol. The average Bonchev–Trinajstić information content (AvgIpc) is 3.05. The van der Waals surface area contributed by atoms with E-state index in [4.69, 9.17) is 9.97 Å². The lowest BCUT2D eigenvalue weighted by atomic mass is 9.99. The van der Waals surface area contributed by atoms with Crippen LogP contribution in [0.1, 0.15) is 11.3 Å². The van der Waals surface area contributed by atoms with Crippen molar-refractivity contribution in [2.45, 2.75) is 20.4 Å². The average molecular weight is 411 g/mol. The van der Waals surface area contributed by atoms with Crippen LogP contribution in [-0.4, -0.2) is 45.2 Å². The standard InChI is InChI=1S/C26H26N4O/c1-16-6-5-7-23(28-16)25-21-15-22-20-14-18(31)8-9-24(20)30(13-12-29(3)4)26(22)17(2)19(21)10-11-27-25/h5-11,14-15,31H,12-13H2,1-4H3. The second-order valence-corrected chi connectivity index (χ2v) is 8.47. The van der Waals surface area contributed by atoms with Crippen LogP contribution in [0.15, 0.2) is 54.7 Å². The molecule has 0 saturated heterocycles. The van der Waals surface area contributed by atoms with E-state index in [0.717, 1.165) is 51.8 Å². The monoisotopic (exact) mass is 410 g/mol. The quantitative estimate of drug-likeness (QED) is 0.437. The molecule has 0 aliphatic rings. The van der Waals surface area contributed by atoms with Crippen molar-refractivity contribution in [3.63, 3.8) is 0 Å². The van der Waals surface area contributed by atoms with Crippen molar-refractivity contribution in [3.8, 4) is 17.1 Å². The van der Waals surface area contributed by atoms with Gasteiger partial charge in [0.2, 0.25) is 0 Å². The highest BCUT2D eigenvalue weighted by molar-refractivity contribution is 6.16. The Hall–Kier alpha value is -3.44. The van der Waals surface area contributed by atoms with Gasteiger partial charge in [0.05, 0.1) is 16.9 Å². The summed E-state index contributed by atoms with van der Waals surface area (Å²) in [6, 6.07) is 16.0. The third-order valence-electron chi connectivity index (χ3n) is 6.03. The van der Waals surface area contributed by atoms with Gasteiger partial charge >= 0.3 is 0 Å². The lowest BCUT2D eigenvalue weighted by molar-refractivity contribution is 0.389. The molecule has 0 atom stereocenters. The van der Waals surface area contributed by atoms with Gasteiger partial charge in [-0.2, -0.15) is 0 Å². The minimum Gasteiger partial charge on any atom is -0.508 e. The molecule has 156 valence electrons. The Bertz CT molecular complexity index is 1450. The zero-order valence-corrected chi connectivity index (χ0v) is 18.3. The summed E-state index contributed by atoms with van der Waals surface area (Å²) in [5.74, 6) is 0.281. The Morgan fingerprint density at radius 1 is 0.935 bits per heavy atom.